The maximum atomic E-state index is 11.4. The molecule has 1 aliphatic heterocycles. The fraction of sp³-hybridized carbons (Fsp3) is 0.500. The standard InChI is InChI=1S/C6H10O12P2.5K/c7-2(1-16-19(10,11)12)4-3(8)5(6(9)17-4)18-20(13,14)15;;;;;/h2,4,7-8H,1H2,(H2,10,11,12)(H2,13,14,15);;;;;/q;5*+1/p-5/t2-,4+;;;;;/m0...../s1. The molecule has 0 aromatic rings. The molecule has 0 aliphatic carbocycles. The number of aliphatic hydroxyl groups excluding tert-OH is 1. The molecule has 12 nitrogen and oxygen atoms in total. The van der Waals surface area contributed by atoms with Crippen LogP contribution >= 0.6 is 15.6 Å². The molecule has 0 saturated carbocycles. The van der Waals surface area contributed by atoms with Crippen LogP contribution in [0.3, 0.4) is 0 Å². The molecule has 0 radical (unpaired) electrons. The maximum absolute atomic E-state index is 11.4. The normalized spacial score (nSPS) is 17.5. The number of hydrogen-bond donors (Lipinski definition) is 1. The van der Waals surface area contributed by atoms with Gasteiger partial charge in [-0.25, -0.2) is 4.79 Å². The summed E-state index contributed by atoms with van der Waals surface area (Å²) in [7, 11) is -11.1. The van der Waals surface area contributed by atoms with Gasteiger partial charge in [0.2, 0.25) is 5.76 Å². The van der Waals surface area contributed by atoms with E-state index in [-0.39, 0.29) is 257 Å². The first kappa shape index (κ1) is 42.4. The Morgan fingerprint density at radius 3 is 1.84 bits per heavy atom. The molecule has 1 N–H and O–H groups in total. The van der Waals surface area contributed by atoms with Crippen molar-refractivity contribution in [3.05, 3.63) is 11.5 Å². The third-order valence-corrected chi connectivity index (χ3v) is 2.73. The minimum atomic E-state index is -5.70. The summed E-state index contributed by atoms with van der Waals surface area (Å²) in [6.45, 7) is -1.21. The monoisotopic (exact) mass is 526 g/mol. The molecule has 1 rings (SSSR count). The van der Waals surface area contributed by atoms with E-state index in [9.17, 15) is 43.7 Å². The van der Waals surface area contributed by atoms with Gasteiger partial charge in [0.15, 0.2) is 0 Å². The van der Waals surface area contributed by atoms with E-state index in [1.54, 1.807) is 0 Å². The molecule has 25 heavy (non-hydrogen) atoms. The van der Waals surface area contributed by atoms with Crippen LogP contribution in [-0.2, 0) is 27.7 Å². The van der Waals surface area contributed by atoms with Crippen molar-refractivity contribution in [1.82, 2.24) is 0 Å². The van der Waals surface area contributed by atoms with Crippen LogP contribution in [0.2, 0.25) is 0 Å². The van der Waals surface area contributed by atoms with Gasteiger partial charge in [0, 0.05) is 0 Å². The van der Waals surface area contributed by atoms with E-state index in [4.69, 9.17) is 0 Å². The summed E-state index contributed by atoms with van der Waals surface area (Å²) in [5.41, 5.74) is 0. The predicted molar refractivity (Wildman–Crippen MR) is 45.2 cm³/mol. The Hall–Kier alpha value is 7.21. The number of carbonyl (C=O) groups excluding carboxylic acids is 1. The molecule has 0 saturated heterocycles. The van der Waals surface area contributed by atoms with E-state index >= 15 is 0 Å². The summed E-state index contributed by atoms with van der Waals surface area (Å²) in [4.78, 5) is 51.9. The van der Waals surface area contributed by atoms with Crippen LogP contribution < -0.4 is 282 Å². The number of hydrogen-bond acceptors (Lipinski definition) is 12. The Labute approximate surface area is 355 Å². The summed E-state index contributed by atoms with van der Waals surface area (Å²) in [6.07, 6.45) is -4.14. The van der Waals surface area contributed by atoms with Gasteiger partial charge in [-0.05, 0) is 5.76 Å². The average molecular weight is 527 g/mol. The van der Waals surface area contributed by atoms with Crippen LogP contribution in [0.5, 0.6) is 0 Å². The Bertz CT molecular complexity index is 530. The van der Waals surface area contributed by atoms with Gasteiger partial charge in [0.05, 0.1) is 14.4 Å². The first-order chi connectivity index (χ1) is 8.91. The smallest absolute Gasteiger partial charge is 0.870 e. The minimum Gasteiger partial charge on any atom is -0.870 e. The largest absolute Gasteiger partial charge is 1.00 e. The number of aliphatic hydroxyl groups is 1. The Kier molecular flexibility index (Phi) is 33.1. The van der Waals surface area contributed by atoms with E-state index in [2.05, 4.69) is 13.8 Å². The van der Waals surface area contributed by atoms with Gasteiger partial charge < -0.3 is 52.7 Å². The summed E-state index contributed by atoms with van der Waals surface area (Å²) in [5.74, 6) is -4.63. The number of phosphoric ester groups is 2. The molecule has 0 fully saturated rings. The van der Waals surface area contributed by atoms with Crippen LogP contribution in [0, 0.1) is 0 Å². The van der Waals surface area contributed by atoms with Gasteiger partial charge in [-0.3, -0.25) is 0 Å². The number of ether oxygens (including phenoxy) is 1. The summed E-state index contributed by atoms with van der Waals surface area (Å²) in [5, 5.41) is 20.7. The third kappa shape index (κ3) is 18.2. The van der Waals surface area contributed by atoms with Crippen molar-refractivity contribution < 1.29 is 314 Å². The number of cyclic esters (lactones) is 1. The summed E-state index contributed by atoms with van der Waals surface area (Å²) in [6, 6.07) is 0. The van der Waals surface area contributed by atoms with E-state index < -0.39 is 51.9 Å². The van der Waals surface area contributed by atoms with Crippen LogP contribution in [0.15, 0.2) is 11.5 Å². The predicted octanol–water partition coefficient (Wildman–Crippen LogP) is -20.4. The second-order valence-corrected chi connectivity index (χ2v) is 5.60. The summed E-state index contributed by atoms with van der Waals surface area (Å²) >= 11 is 0. The van der Waals surface area contributed by atoms with Crippen LogP contribution in [0.4, 0.5) is 0 Å². The van der Waals surface area contributed by atoms with Gasteiger partial charge in [-0.2, -0.15) is 0 Å². The van der Waals surface area contributed by atoms with Crippen molar-refractivity contribution >= 4 is 21.6 Å². The Balaban J connectivity index is -0.000000267. The van der Waals surface area contributed by atoms with Crippen molar-refractivity contribution in [2.45, 2.75) is 12.2 Å². The zero-order valence-electron chi connectivity index (χ0n) is 14.2. The summed E-state index contributed by atoms with van der Waals surface area (Å²) < 4.78 is 31.8. The number of carbonyl (C=O) groups is 1. The molecular formula is C6H5K5O12P2. The molecule has 2 atom stereocenters. The SMILES string of the molecule is O=C1O[C@H]([C@@H](O)COP(=O)([O-])[O-])C([O-])=C1OP(=O)([O-])[O-].[K+].[K+].[K+].[K+].[K+]. The number of rotatable bonds is 6. The van der Waals surface area contributed by atoms with Gasteiger partial charge in [0.25, 0.3) is 0 Å². The van der Waals surface area contributed by atoms with Crippen molar-refractivity contribution in [3.8, 4) is 0 Å². The fourth-order valence-electron chi connectivity index (χ4n) is 1.15. The van der Waals surface area contributed by atoms with Crippen molar-refractivity contribution in [2.75, 3.05) is 6.61 Å². The quantitative estimate of drug-likeness (QED) is 0.194. The Morgan fingerprint density at radius 1 is 1.04 bits per heavy atom. The van der Waals surface area contributed by atoms with E-state index in [0.29, 0.717) is 0 Å². The third-order valence-electron chi connectivity index (χ3n) is 1.86. The molecule has 0 aromatic carbocycles. The molecule has 116 valence electrons. The fourth-order valence-corrected chi connectivity index (χ4v) is 1.88. The molecule has 0 unspecified atom stereocenters. The van der Waals surface area contributed by atoms with E-state index in [1.807, 2.05) is 0 Å². The van der Waals surface area contributed by atoms with E-state index in [0.717, 1.165) is 0 Å². The zero-order chi connectivity index (χ0) is 15.7. The van der Waals surface area contributed by atoms with Crippen LogP contribution in [0.1, 0.15) is 0 Å². The number of esters is 1. The van der Waals surface area contributed by atoms with Gasteiger partial charge in [-0.1, -0.05) is 0 Å². The van der Waals surface area contributed by atoms with E-state index in [1.165, 1.54) is 0 Å². The van der Waals surface area contributed by atoms with Gasteiger partial charge in [0.1, 0.15) is 20.0 Å². The van der Waals surface area contributed by atoms with Gasteiger partial charge >= 0.3 is 263 Å². The first-order valence-electron chi connectivity index (χ1n) is 4.59. The average Bonchev–Trinajstić information content (AvgIpc) is 2.51. The maximum Gasteiger partial charge on any atom is 1.00 e. The topological polar surface area (TPSA) is 214 Å². The molecule has 1 heterocycles. The van der Waals surface area contributed by atoms with Crippen LogP contribution in [0.25, 0.3) is 0 Å². The molecule has 0 aromatic heterocycles. The van der Waals surface area contributed by atoms with Crippen molar-refractivity contribution in [2.24, 2.45) is 0 Å². The second kappa shape index (κ2) is 19.5. The molecule has 19 heteroatoms. The molecule has 0 amide bonds. The molecule has 0 bridgehead atoms. The van der Waals surface area contributed by atoms with Crippen molar-refractivity contribution in [1.29, 1.82) is 0 Å². The van der Waals surface area contributed by atoms with Gasteiger partial charge in [-0.15, -0.1) is 0 Å². The number of phosphoric acid groups is 2. The van der Waals surface area contributed by atoms with Crippen LogP contribution in [-0.4, -0.2) is 29.9 Å². The van der Waals surface area contributed by atoms with Crippen molar-refractivity contribution in [3.63, 3.8) is 0 Å². The molecule has 1 aliphatic rings. The second-order valence-electron chi connectivity index (χ2n) is 3.37. The molecule has 0 spiro atoms. The first-order valence-corrected chi connectivity index (χ1v) is 7.51. The minimum absolute atomic E-state index is 0. The zero-order valence-corrected chi connectivity index (χ0v) is 31.6. The molecular weight excluding hydrogens is 521 g/mol. The Morgan fingerprint density at radius 2 is 1.48 bits per heavy atom.